The molecule has 3 heteroatoms. The first kappa shape index (κ1) is 29.2. The third kappa shape index (κ3) is 4.14. The van der Waals surface area contributed by atoms with Crippen LogP contribution in [0.25, 0.3) is 64.0 Å². The van der Waals surface area contributed by atoms with E-state index in [4.69, 9.17) is 0 Å². The van der Waals surface area contributed by atoms with Gasteiger partial charge in [0.15, 0.2) is 0 Å². The Morgan fingerprint density at radius 2 is 1.32 bits per heavy atom. The number of benzene rings is 8. The highest BCUT2D eigenvalue weighted by atomic mass is 32.1. The zero-order chi connectivity index (χ0) is 34.6. The molecule has 1 aliphatic heterocycles. The summed E-state index contributed by atoms with van der Waals surface area (Å²) in [6.07, 6.45) is 7.32. The zero-order valence-electron chi connectivity index (χ0n) is 28.8. The van der Waals surface area contributed by atoms with E-state index in [0.717, 1.165) is 0 Å². The van der Waals surface area contributed by atoms with E-state index in [2.05, 4.69) is 192 Å². The van der Waals surface area contributed by atoms with Gasteiger partial charge in [0.25, 0.3) is 0 Å². The molecule has 248 valence electrons. The van der Waals surface area contributed by atoms with Gasteiger partial charge < -0.3 is 9.80 Å². The maximum absolute atomic E-state index is 2.53. The molecule has 0 saturated heterocycles. The van der Waals surface area contributed by atoms with Crippen LogP contribution in [0.4, 0.5) is 22.7 Å². The second-order valence-corrected chi connectivity index (χ2v) is 15.5. The molecule has 2 nitrogen and oxygen atoms in total. The van der Waals surface area contributed by atoms with Gasteiger partial charge in [-0.1, -0.05) is 121 Å². The molecule has 2 atom stereocenters. The number of anilines is 4. The van der Waals surface area contributed by atoms with E-state index >= 15 is 0 Å². The van der Waals surface area contributed by atoms with Crippen molar-refractivity contribution in [3.8, 4) is 22.3 Å². The molecule has 0 spiro atoms. The maximum atomic E-state index is 2.53. The lowest BCUT2D eigenvalue weighted by molar-refractivity contribution is 0.736. The number of hydrogen-bond acceptors (Lipinski definition) is 3. The number of para-hydroxylation sites is 2. The molecule has 0 saturated carbocycles. The van der Waals surface area contributed by atoms with Crippen molar-refractivity contribution in [3.63, 3.8) is 0 Å². The Morgan fingerprint density at radius 1 is 0.547 bits per heavy atom. The standard InChI is InChI=1S/C50H32N2S/c1-2-14-33(15-3-1)52-43-20-8-6-17-37(43)42-30-35(25-27-44(42)52)51(45-21-11-23-47-50(45)40-18-7-9-22-46(40)53-47)34-24-26-39-41(29-34)38-19-10-13-32-28-31-12-4-5-16-36(31)49(39)48(32)38/h1-30,42,44H. The third-order valence-corrected chi connectivity index (χ3v) is 12.8. The van der Waals surface area contributed by atoms with Gasteiger partial charge in [-0.05, 0) is 110 Å². The smallest absolute Gasteiger partial charge is 0.0631 e. The van der Waals surface area contributed by atoms with Gasteiger partial charge in [-0.2, -0.15) is 0 Å². The maximum Gasteiger partial charge on any atom is 0.0631 e. The van der Waals surface area contributed by atoms with Crippen molar-refractivity contribution in [2.24, 2.45) is 0 Å². The highest BCUT2D eigenvalue weighted by Crippen LogP contribution is 2.54. The Hall–Kier alpha value is -6.42. The lowest BCUT2D eigenvalue weighted by atomic mass is 9.89. The lowest BCUT2D eigenvalue weighted by Crippen LogP contribution is -2.30. The van der Waals surface area contributed by atoms with Crippen LogP contribution in [0, 0.1) is 0 Å². The van der Waals surface area contributed by atoms with Gasteiger partial charge in [0.1, 0.15) is 0 Å². The van der Waals surface area contributed by atoms with E-state index in [0.29, 0.717) is 0 Å². The molecule has 0 bridgehead atoms. The molecular weight excluding hydrogens is 661 g/mol. The fourth-order valence-electron chi connectivity index (χ4n) is 9.48. The number of nitrogens with zero attached hydrogens (tertiary/aromatic N) is 2. The highest BCUT2D eigenvalue weighted by molar-refractivity contribution is 7.26. The molecule has 0 radical (unpaired) electrons. The van der Waals surface area contributed by atoms with Gasteiger partial charge in [-0.25, -0.2) is 0 Å². The topological polar surface area (TPSA) is 6.48 Å². The summed E-state index contributed by atoms with van der Waals surface area (Å²) >= 11 is 1.88. The molecule has 2 aliphatic carbocycles. The van der Waals surface area contributed by atoms with Crippen LogP contribution in [0.1, 0.15) is 11.5 Å². The normalized spacial score (nSPS) is 16.7. The molecule has 0 amide bonds. The van der Waals surface area contributed by atoms with Gasteiger partial charge in [0.2, 0.25) is 0 Å². The number of hydrogen-bond donors (Lipinski definition) is 0. The quantitative estimate of drug-likeness (QED) is 0.169. The van der Waals surface area contributed by atoms with Gasteiger partial charge >= 0.3 is 0 Å². The molecule has 53 heavy (non-hydrogen) atoms. The average molecular weight is 693 g/mol. The Kier molecular flexibility index (Phi) is 6.08. The summed E-state index contributed by atoms with van der Waals surface area (Å²) in [4.78, 5) is 5.04. The molecule has 1 aromatic heterocycles. The predicted molar refractivity (Wildman–Crippen MR) is 226 cm³/mol. The minimum absolute atomic E-state index is 0.193. The summed E-state index contributed by atoms with van der Waals surface area (Å²) in [7, 11) is 0. The molecular formula is C50H32N2S. The Labute approximate surface area is 311 Å². The first-order valence-corrected chi connectivity index (χ1v) is 19.2. The largest absolute Gasteiger partial charge is 0.333 e. The molecule has 9 aromatic rings. The molecule has 0 N–H and O–H groups in total. The van der Waals surface area contributed by atoms with E-state index in [1.807, 2.05) is 11.3 Å². The van der Waals surface area contributed by atoms with Crippen molar-refractivity contribution in [1.82, 2.24) is 0 Å². The van der Waals surface area contributed by atoms with Crippen LogP contribution in [0.5, 0.6) is 0 Å². The van der Waals surface area contributed by atoms with Crippen LogP contribution in [0.2, 0.25) is 0 Å². The molecule has 3 aliphatic rings. The molecule has 2 unspecified atom stereocenters. The second kappa shape index (κ2) is 11.0. The Balaban J connectivity index is 1.09. The second-order valence-electron chi connectivity index (χ2n) is 14.4. The minimum atomic E-state index is 0.193. The monoisotopic (exact) mass is 692 g/mol. The number of rotatable bonds is 4. The first-order chi connectivity index (χ1) is 26.3. The van der Waals surface area contributed by atoms with Crippen LogP contribution in [0.15, 0.2) is 188 Å². The van der Waals surface area contributed by atoms with Gasteiger partial charge in [0, 0.05) is 48.8 Å². The molecule has 8 aromatic carbocycles. The van der Waals surface area contributed by atoms with Crippen LogP contribution in [0.3, 0.4) is 0 Å². The number of fused-ring (bicyclic) bond motifs is 11. The first-order valence-electron chi connectivity index (χ1n) is 18.4. The van der Waals surface area contributed by atoms with E-state index < -0.39 is 0 Å². The number of thiophene rings is 1. The van der Waals surface area contributed by atoms with Crippen LogP contribution in [-0.2, 0) is 0 Å². The van der Waals surface area contributed by atoms with Gasteiger partial charge in [0.05, 0.1) is 11.7 Å². The summed E-state index contributed by atoms with van der Waals surface area (Å²) in [5.74, 6) is 0.200. The van der Waals surface area contributed by atoms with Gasteiger partial charge in [-0.15, -0.1) is 11.3 Å². The van der Waals surface area contributed by atoms with Crippen LogP contribution >= 0.6 is 11.3 Å². The third-order valence-electron chi connectivity index (χ3n) is 11.7. The summed E-state index contributed by atoms with van der Waals surface area (Å²) in [5.41, 5.74) is 12.7. The Morgan fingerprint density at radius 3 is 2.26 bits per heavy atom. The van der Waals surface area contributed by atoms with Crippen molar-refractivity contribution in [3.05, 3.63) is 193 Å². The van der Waals surface area contributed by atoms with Crippen molar-refractivity contribution in [1.29, 1.82) is 0 Å². The SMILES string of the molecule is C1=CC2C(C=C1N(c1ccc3c(c1)-c1cccc4cc5ccccc5c-3c14)c1cccc3sc4ccccc4c13)c1ccccc1N2c1ccccc1. The number of allylic oxidation sites excluding steroid dienone is 1. The lowest BCUT2D eigenvalue weighted by Gasteiger charge is -2.34. The average Bonchev–Trinajstić information content (AvgIpc) is 3.87. The van der Waals surface area contributed by atoms with Crippen LogP contribution in [-0.4, -0.2) is 6.04 Å². The van der Waals surface area contributed by atoms with Crippen molar-refractivity contribution in [2.75, 3.05) is 9.80 Å². The van der Waals surface area contributed by atoms with Gasteiger partial charge in [-0.3, -0.25) is 0 Å². The zero-order valence-corrected chi connectivity index (χ0v) is 29.6. The van der Waals surface area contributed by atoms with E-state index in [-0.39, 0.29) is 12.0 Å². The minimum Gasteiger partial charge on any atom is -0.333 e. The fraction of sp³-hybridized carbons (Fsp3) is 0.0400. The van der Waals surface area contributed by atoms with E-state index in [1.54, 1.807) is 0 Å². The summed E-state index contributed by atoms with van der Waals surface area (Å²) in [6.45, 7) is 0. The molecule has 0 fully saturated rings. The summed E-state index contributed by atoms with van der Waals surface area (Å²) < 4.78 is 2.62. The highest BCUT2D eigenvalue weighted by Gasteiger charge is 2.39. The Bertz CT molecular complexity index is 3040. The van der Waals surface area contributed by atoms with Crippen LogP contribution < -0.4 is 9.80 Å². The fourth-order valence-corrected chi connectivity index (χ4v) is 10.6. The summed E-state index contributed by atoms with van der Waals surface area (Å²) in [5, 5.41) is 7.87. The summed E-state index contributed by atoms with van der Waals surface area (Å²) in [6, 6.07) is 60.8. The molecule has 12 rings (SSSR count). The van der Waals surface area contributed by atoms with Crippen molar-refractivity contribution in [2.45, 2.75) is 12.0 Å². The van der Waals surface area contributed by atoms with E-state index in [1.165, 1.54) is 98.0 Å². The predicted octanol–water partition coefficient (Wildman–Crippen LogP) is 13.9. The van der Waals surface area contributed by atoms with Crippen molar-refractivity contribution >= 4 is 75.8 Å². The van der Waals surface area contributed by atoms with E-state index in [9.17, 15) is 0 Å². The van der Waals surface area contributed by atoms with Crippen molar-refractivity contribution < 1.29 is 0 Å². The molecule has 2 heterocycles.